The molecular formula is C14H13F7OS. The van der Waals surface area contributed by atoms with Crippen LogP contribution in [0.3, 0.4) is 0 Å². The summed E-state index contributed by atoms with van der Waals surface area (Å²) in [5, 5.41) is -0.527. The quantitative estimate of drug-likeness (QED) is 0.590. The molecule has 0 amide bonds. The molecule has 1 atom stereocenters. The third-order valence-corrected chi connectivity index (χ3v) is 3.84. The van der Waals surface area contributed by atoms with Crippen molar-refractivity contribution >= 4 is 16.9 Å². The van der Waals surface area contributed by atoms with Crippen LogP contribution in [0.25, 0.3) is 0 Å². The molecule has 0 aliphatic heterocycles. The Morgan fingerprint density at radius 2 is 1.61 bits per heavy atom. The molecule has 9 heteroatoms. The predicted molar refractivity (Wildman–Crippen MR) is 73.3 cm³/mol. The van der Waals surface area contributed by atoms with E-state index < -0.39 is 48.2 Å². The van der Waals surface area contributed by atoms with Crippen LogP contribution in [0.1, 0.15) is 23.2 Å². The molecule has 0 bridgehead atoms. The molecule has 23 heavy (non-hydrogen) atoms. The van der Waals surface area contributed by atoms with Crippen molar-refractivity contribution in [3.63, 3.8) is 0 Å². The standard InChI is InChI=1S/C14H13F7OS/c15-10(14(20,21)13(18,19)8-11(16)17)6-7-23-12(22)9-4-2-1-3-5-9/h1-5,10-11H,6-8H2. The van der Waals surface area contributed by atoms with Gasteiger partial charge in [0.15, 0.2) is 6.17 Å². The molecule has 0 N–H and O–H groups in total. The SMILES string of the molecule is O=C(SCCC(F)C(F)(F)C(F)(F)CC(F)F)c1ccccc1. The summed E-state index contributed by atoms with van der Waals surface area (Å²) < 4.78 is 89.7. The summed E-state index contributed by atoms with van der Waals surface area (Å²) >= 11 is 0.493. The normalized spacial score (nSPS) is 14.1. The van der Waals surface area contributed by atoms with Gasteiger partial charge in [0.05, 0.1) is 6.42 Å². The van der Waals surface area contributed by atoms with Gasteiger partial charge in [-0.05, 0) is 6.42 Å². The zero-order chi connectivity index (χ0) is 17.7. The van der Waals surface area contributed by atoms with Crippen LogP contribution in [0.15, 0.2) is 30.3 Å². The van der Waals surface area contributed by atoms with Crippen molar-refractivity contribution in [3.8, 4) is 0 Å². The average Bonchev–Trinajstić information content (AvgIpc) is 2.46. The van der Waals surface area contributed by atoms with E-state index in [-0.39, 0.29) is 5.56 Å². The first kappa shape index (κ1) is 19.8. The van der Waals surface area contributed by atoms with Crippen molar-refractivity contribution in [3.05, 3.63) is 35.9 Å². The number of hydrogen-bond acceptors (Lipinski definition) is 2. The Balaban J connectivity index is 2.55. The third-order valence-electron chi connectivity index (χ3n) is 2.91. The summed E-state index contributed by atoms with van der Waals surface area (Å²) in [7, 11) is 0. The summed E-state index contributed by atoms with van der Waals surface area (Å²) in [5.41, 5.74) is 0.252. The Morgan fingerprint density at radius 3 is 2.13 bits per heavy atom. The smallest absolute Gasteiger partial charge is 0.282 e. The third kappa shape index (κ3) is 5.40. The number of carbonyl (C=O) groups excluding carboxylic acids is 1. The van der Waals surface area contributed by atoms with Gasteiger partial charge in [0.2, 0.25) is 11.5 Å². The van der Waals surface area contributed by atoms with Crippen LogP contribution in [0.5, 0.6) is 0 Å². The van der Waals surface area contributed by atoms with E-state index in [4.69, 9.17) is 0 Å². The zero-order valence-electron chi connectivity index (χ0n) is 11.6. The molecule has 0 saturated heterocycles. The summed E-state index contributed by atoms with van der Waals surface area (Å²) in [6.07, 6.45) is -10.5. The Kier molecular flexibility index (Phi) is 6.91. The van der Waals surface area contributed by atoms with Gasteiger partial charge >= 0.3 is 11.8 Å². The molecule has 1 nitrogen and oxygen atoms in total. The number of carbonyl (C=O) groups is 1. The van der Waals surface area contributed by atoms with Crippen LogP contribution in [-0.2, 0) is 0 Å². The monoisotopic (exact) mass is 362 g/mol. The summed E-state index contributed by atoms with van der Waals surface area (Å²) in [4.78, 5) is 11.6. The first-order chi connectivity index (χ1) is 10.6. The maximum absolute atomic E-state index is 13.4. The van der Waals surface area contributed by atoms with E-state index in [1.807, 2.05) is 0 Å². The van der Waals surface area contributed by atoms with Gasteiger partial charge in [-0.1, -0.05) is 42.1 Å². The van der Waals surface area contributed by atoms with Crippen molar-refractivity contribution in [2.24, 2.45) is 0 Å². The largest absolute Gasteiger partial charge is 0.340 e. The lowest BCUT2D eigenvalue weighted by Crippen LogP contribution is -2.49. The fraction of sp³-hybridized carbons (Fsp3) is 0.500. The van der Waals surface area contributed by atoms with Crippen LogP contribution in [0.4, 0.5) is 30.7 Å². The van der Waals surface area contributed by atoms with Gasteiger partial charge in [-0.25, -0.2) is 13.2 Å². The van der Waals surface area contributed by atoms with E-state index in [1.165, 1.54) is 12.1 Å². The van der Waals surface area contributed by atoms with Crippen LogP contribution >= 0.6 is 11.8 Å². The second kappa shape index (κ2) is 8.03. The zero-order valence-corrected chi connectivity index (χ0v) is 12.4. The molecule has 0 fully saturated rings. The van der Waals surface area contributed by atoms with Crippen LogP contribution < -0.4 is 0 Å². The second-order valence-electron chi connectivity index (χ2n) is 4.68. The Morgan fingerprint density at radius 1 is 1.04 bits per heavy atom. The molecule has 130 valence electrons. The Bertz CT molecular complexity index is 507. The number of halogens is 7. The van der Waals surface area contributed by atoms with E-state index in [2.05, 4.69) is 0 Å². The van der Waals surface area contributed by atoms with E-state index >= 15 is 0 Å². The number of hydrogen-bond donors (Lipinski definition) is 0. The molecule has 1 aromatic carbocycles. The molecule has 0 aliphatic rings. The first-order valence-corrected chi connectivity index (χ1v) is 7.46. The minimum Gasteiger partial charge on any atom is -0.282 e. The van der Waals surface area contributed by atoms with Gasteiger partial charge in [-0.3, -0.25) is 4.79 Å². The molecular weight excluding hydrogens is 349 g/mol. The molecule has 1 unspecified atom stereocenters. The van der Waals surface area contributed by atoms with E-state index in [0.29, 0.717) is 11.8 Å². The Labute approximate surface area is 132 Å². The molecule has 0 radical (unpaired) electrons. The van der Waals surface area contributed by atoms with Gasteiger partial charge in [0.25, 0.3) is 0 Å². The highest BCUT2D eigenvalue weighted by Gasteiger charge is 2.62. The number of thioether (sulfide) groups is 1. The second-order valence-corrected chi connectivity index (χ2v) is 5.75. The van der Waals surface area contributed by atoms with E-state index in [9.17, 15) is 35.5 Å². The minimum absolute atomic E-state index is 0.252. The topological polar surface area (TPSA) is 17.1 Å². The highest BCUT2D eigenvalue weighted by Crippen LogP contribution is 2.43. The first-order valence-electron chi connectivity index (χ1n) is 6.48. The number of rotatable bonds is 8. The van der Waals surface area contributed by atoms with Gasteiger partial charge in [0.1, 0.15) is 0 Å². The van der Waals surface area contributed by atoms with Crippen molar-refractivity contribution in [2.75, 3.05) is 5.75 Å². The number of benzene rings is 1. The van der Waals surface area contributed by atoms with Gasteiger partial charge in [-0.15, -0.1) is 0 Å². The summed E-state index contributed by atoms with van der Waals surface area (Å²) in [5.74, 6) is -10.9. The van der Waals surface area contributed by atoms with Gasteiger partial charge < -0.3 is 0 Å². The fourth-order valence-electron chi connectivity index (χ4n) is 1.65. The average molecular weight is 362 g/mol. The molecule has 0 heterocycles. The highest BCUT2D eigenvalue weighted by molar-refractivity contribution is 8.14. The van der Waals surface area contributed by atoms with Crippen LogP contribution in [0, 0.1) is 0 Å². The summed E-state index contributed by atoms with van der Waals surface area (Å²) in [6.45, 7) is 0. The lowest BCUT2D eigenvalue weighted by Gasteiger charge is -2.28. The van der Waals surface area contributed by atoms with Gasteiger partial charge in [-0.2, -0.15) is 17.6 Å². The molecule has 0 spiro atoms. The van der Waals surface area contributed by atoms with Crippen LogP contribution in [-0.4, -0.2) is 35.3 Å². The lowest BCUT2D eigenvalue weighted by molar-refractivity contribution is -0.251. The minimum atomic E-state index is -5.22. The van der Waals surface area contributed by atoms with Crippen molar-refractivity contribution < 1.29 is 35.5 Å². The number of alkyl halides is 7. The lowest BCUT2D eigenvalue weighted by atomic mass is 10.0. The molecule has 1 aromatic rings. The van der Waals surface area contributed by atoms with Crippen LogP contribution in [0.2, 0.25) is 0 Å². The molecule has 0 saturated carbocycles. The Hall–Kier alpha value is -1.25. The fourth-order valence-corrected chi connectivity index (χ4v) is 2.47. The highest BCUT2D eigenvalue weighted by atomic mass is 32.2. The molecule has 0 aromatic heterocycles. The van der Waals surface area contributed by atoms with Crippen molar-refractivity contribution in [1.82, 2.24) is 0 Å². The maximum Gasteiger partial charge on any atom is 0.340 e. The molecule has 0 aliphatic carbocycles. The summed E-state index contributed by atoms with van der Waals surface area (Å²) in [6, 6.07) is 7.67. The predicted octanol–water partition coefficient (Wildman–Crippen LogP) is 5.21. The maximum atomic E-state index is 13.4. The van der Waals surface area contributed by atoms with E-state index in [0.717, 1.165) is 0 Å². The van der Waals surface area contributed by atoms with Gasteiger partial charge in [0, 0.05) is 11.3 Å². The van der Waals surface area contributed by atoms with Crippen molar-refractivity contribution in [1.29, 1.82) is 0 Å². The molecule has 1 rings (SSSR count). The van der Waals surface area contributed by atoms with E-state index in [1.54, 1.807) is 18.2 Å². The van der Waals surface area contributed by atoms with Crippen molar-refractivity contribution in [2.45, 2.75) is 37.3 Å².